The largest absolute Gasteiger partial charge is 0.573 e. The van der Waals surface area contributed by atoms with Crippen molar-refractivity contribution in [2.75, 3.05) is 92.8 Å². The first kappa shape index (κ1) is 50.5. The fraction of sp³-hybridized carbons (Fsp3) is 0.391. The number of H-pyrrole nitrogens is 1. The van der Waals surface area contributed by atoms with Gasteiger partial charge in [-0.1, -0.05) is 0 Å². The number of nitrogens with one attached hydrogen (secondary N) is 3. The van der Waals surface area contributed by atoms with Crippen LogP contribution in [0.5, 0.6) is 11.5 Å². The van der Waals surface area contributed by atoms with E-state index in [2.05, 4.69) is 74.9 Å². The van der Waals surface area contributed by atoms with Crippen LogP contribution in [0, 0.1) is 0 Å². The number of hydrogen-bond donors (Lipinski definition) is 5. The average Bonchev–Trinajstić information content (AvgIpc) is 3.96. The number of carbonyl (C=O) groups excluding carboxylic acids is 2. The van der Waals surface area contributed by atoms with E-state index in [1.807, 2.05) is 14.1 Å². The van der Waals surface area contributed by atoms with Gasteiger partial charge in [0.2, 0.25) is 11.9 Å². The molecule has 73 heavy (non-hydrogen) atoms. The molecule has 0 spiro atoms. The van der Waals surface area contributed by atoms with Gasteiger partial charge in [0.1, 0.15) is 11.4 Å². The molecule has 0 radical (unpaired) electrons. The number of likely N-dealkylation sites (N-methyl/N-ethyl adjacent to an activating group) is 2. The molecule has 386 valence electrons. The summed E-state index contributed by atoms with van der Waals surface area (Å²) in [5.41, 5.74) is 18.0. The average molecular weight is 1040 g/mol. The summed E-state index contributed by atoms with van der Waals surface area (Å²) in [6, 6.07) is 8.98. The molecule has 27 heteroatoms. The van der Waals surface area contributed by atoms with E-state index in [9.17, 15) is 35.9 Å². The van der Waals surface area contributed by atoms with E-state index in [1.165, 1.54) is 12.1 Å². The van der Waals surface area contributed by atoms with Gasteiger partial charge in [0, 0.05) is 93.1 Å². The number of rotatable bonds is 12. The van der Waals surface area contributed by atoms with Gasteiger partial charge in [-0.05, 0) is 87.3 Å². The van der Waals surface area contributed by atoms with E-state index in [1.54, 1.807) is 41.3 Å². The SMILES string of the molecule is CN1CCN(c2ccc(OC(F)(F)F)c(Nc3ncc4c(n3)-c3c(c(C(N)=O)nn3CCCl)CC4)c2)CC1.CN1CCN(c2ccc(OC(F)(F)F)c(Nc3ncc4c(n3)-c3n[nH]c(C(N)=O)c3CC4)c2)CC1. The Hall–Kier alpha value is -7.45. The van der Waals surface area contributed by atoms with Crippen LogP contribution in [-0.4, -0.2) is 147 Å². The molecule has 0 bridgehead atoms. The number of nitrogens with two attached hydrogens (primary N) is 2. The lowest BCUT2D eigenvalue weighted by molar-refractivity contribution is -0.275. The molecule has 2 aliphatic carbocycles. The number of aromatic amines is 1. The molecule has 2 aliphatic heterocycles. The fourth-order valence-corrected chi connectivity index (χ4v) is 9.26. The normalized spacial score (nSPS) is 15.8. The molecule has 0 atom stereocenters. The van der Waals surface area contributed by atoms with Gasteiger partial charge in [-0.25, -0.2) is 19.9 Å². The van der Waals surface area contributed by atoms with Crippen molar-refractivity contribution >= 4 is 58.1 Å². The van der Waals surface area contributed by atoms with E-state index in [4.69, 9.17) is 23.1 Å². The van der Waals surface area contributed by atoms with Crippen molar-refractivity contribution in [2.24, 2.45) is 11.5 Å². The number of primary amides is 2. The summed E-state index contributed by atoms with van der Waals surface area (Å²) in [4.78, 5) is 50.0. The highest BCUT2D eigenvalue weighted by molar-refractivity contribution is 6.17. The quantitative estimate of drug-likeness (QED) is 0.0738. The van der Waals surface area contributed by atoms with E-state index in [0.29, 0.717) is 66.1 Å². The minimum absolute atomic E-state index is 0.0680. The molecule has 2 amide bonds. The smallest absolute Gasteiger partial charge is 0.404 e. The molecule has 4 aliphatic rings. The minimum atomic E-state index is -4.88. The first-order chi connectivity index (χ1) is 34.8. The van der Waals surface area contributed by atoms with Gasteiger partial charge in [-0.15, -0.1) is 37.9 Å². The third-order valence-corrected chi connectivity index (χ3v) is 12.9. The van der Waals surface area contributed by atoms with Gasteiger partial charge in [0.15, 0.2) is 17.2 Å². The number of fused-ring (bicyclic) bond motifs is 6. The minimum Gasteiger partial charge on any atom is -0.404 e. The summed E-state index contributed by atoms with van der Waals surface area (Å²) < 4.78 is 88.9. The maximum absolute atomic E-state index is 13.2. The number of hydrogen-bond acceptors (Lipinski definition) is 16. The predicted octanol–water partition coefficient (Wildman–Crippen LogP) is 5.63. The number of alkyl halides is 7. The van der Waals surface area contributed by atoms with Crippen LogP contribution in [0.4, 0.5) is 61.0 Å². The summed E-state index contributed by atoms with van der Waals surface area (Å²) in [6.45, 7) is 6.64. The van der Waals surface area contributed by atoms with Crippen LogP contribution in [-0.2, 0) is 32.2 Å². The Morgan fingerprint density at radius 2 is 1.18 bits per heavy atom. The monoisotopic (exact) mass is 1040 g/mol. The van der Waals surface area contributed by atoms with Crippen molar-refractivity contribution in [1.29, 1.82) is 0 Å². The number of benzene rings is 2. The molecule has 2 saturated heterocycles. The molecular formula is C46H49ClF6N16O4. The van der Waals surface area contributed by atoms with Gasteiger partial charge in [-0.3, -0.25) is 19.4 Å². The Morgan fingerprint density at radius 1 is 0.685 bits per heavy atom. The third kappa shape index (κ3) is 11.4. The van der Waals surface area contributed by atoms with Crippen molar-refractivity contribution in [3.63, 3.8) is 0 Å². The summed E-state index contributed by atoms with van der Waals surface area (Å²) >= 11 is 5.96. The molecule has 0 unspecified atom stereocenters. The van der Waals surface area contributed by atoms with Crippen molar-refractivity contribution < 1.29 is 45.4 Å². The number of piperazine rings is 2. The Balaban J connectivity index is 0.000000180. The first-order valence-electron chi connectivity index (χ1n) is 23.1. The van der Waals surface area contributed by atoms with Gasteiger partial charge in [-0.2, -0.15) is 10.2 Å². The maximum Gasteiger partial charge on any atom is 0.573 e. The van der Waals surface area contributed by atoms with Crippen LogP contribution in [0.3, 0.4) is 0 Å². The predicted molar refractivity (Wildman–Crippen MR) is 258 cm³/mol. The zero-order valence-corrected chi connectivity index (χ0v) is 40.1. The van der Waals surface area contributed by atoms with Crippen molar-refractivity contribution in [2.45, 2.75) is 45.0 Å². The highest BCUT2D eigenvalue weighted by Gasteiger charge is 2.35. The Labute approximate surface area is 418 Å². The molecule has 7 N–H and O–H groups in total. The van der Waals surface area contributed by atoms with E-state index in [0.717, 1.165) is 74.9 Å². The van der Waals surface area contributed by atoms with Gasteiger partial charge in [0.05, 0.1) is 35.0 Å². The Kier molecular flexibility index (Phi) is 14.2. The summed E-state index contributed by atoms with van der Waals surface area (Å²) in [5, 5.41) is 17.0. The first-order valence-corrected chi connectivity index (χ1v) is 23.6. The van der Waals surface area contributed by atoms with Gasteiger partial charge < -0.3 is 51.2 Å². The van der Waals surface area contributed by atoms with Gasteiger partial charge in [0.25, 0.3) is 11.8 Å². The third-order valence-electron chi connectivity index (χ3n) is 12.8. The molecule has 2 aromatic carbocycles. The molecule has 10 rings (SSSR count). The summed E-state index contributed by atoms with van der Waals surface area (Å²) in [6.07, 6.45) is -4.33. The van der Waals surface area contributed by atoms with Crippen LogP contribution >= 0.6 is 11.6 Å². The van der Waals surface area contributed by atoms with Crippen LogP contribution in [0.2, 0.25) is 0 Å². The number of aromatic nitrogens is 8. The highest BCUT2D eigenvalue weighted by Crippen LogP contribution is 2.40. The second-order valence-corrected chi connectivity index (χ2v) is 18.0. The van der Waals surface area contributed by atoms with Crippen LogP contribution in [0.1, 0.15) is 43.2 Å². The van der Waals surface area contributed by atoms with E-state index in [-0.39, 0.29) is 40.5 Å². The molecule has 6 heterocycles. The van der Waals surface area contributed by atoms with Crippen molar-refractivity contribution in [1.82, 2.24) is 49.7 Å². The van der Waals surface area contributed by atoms with Crippen LogP contribution in [0.15, 0.2) is 48.8 Å². The van der Waals surface area contributed by atoms with E-state index < -0.39 is 36.0 Å². The zero-order valence-electron chi connectivity index (χ0n) is 39.4. The lowest BCUT2D eigenvalue weighted by Gasteiger charge is -2.34. The second-order valence-electron chi connectivity index (χ2n) is 17.7. The van der Waals surface area contributed by atoms with E-state index >= 15 is 0 Å². The molecule has 2 fully saturated rings. The van der Waals surface area contributed by atoms with Crippen LogP contribution in [0.25, 0.3) is 22.8 Å². The lowest BCUT2D eigenvalue weighted by Crippen LogP contribution is -2.44. The number of ether oxygens (including phenoxy) is 2. The number of amides is 2. The molecule has 20 nitrogen and oxygen atoms in total. The van der Waals surface area contributed by atoms with Crippen molar-refractivity contribution in [3.8, 4) is 34.3 Å². The fourth-order valence-electron chi connectivity index (χ4n) is 9.10. The summed E-state index contributed by atoms with van der Waals surface area (Å²) in [7, 11) is 4.05. The second kappa shape index (κ2) is 20.6. The lowest BCUT2D eigenvalue weighted by atomic mass is 9.93. The Morgan fingerprint density at radius 3 is 1.66 bits per heavy atom. The molecule has 6 aromatic rings. The highest BCUT2D eigenvalue weighted by atomic mass is 35.5. The molecule has 4 aromatic heterocycles. The van der Waals surface area contributed by atoms with Crippen LogP contribution < -0.4 is 41.4 Å². The standard InChI is InChI=1S/C24H26ClF3N8O2.C22H23F3N8O2/c1-34-8-10-35(11-9-34)15-3-5-18(38-24(26,27)28)17(12-15)31-23-30-13-14-2-4-16-20(22(29)37)33-36(7-6-25)21(16)19(14)32-23;1-32-6-8-33(9-7-32)13-3-5-16(35-22(23,24)25)15(10-13)28-21-27-11-12-2-4-14-18(17(12)29-21)30-31-19(14)20(26)34/h3,5,12-13H,2,4,6-11H2,1H3,(H2,29,37)(H,30,31,32);3,5,10-11H,2,4,6-9H2,1H3,(H2,26,34)(H,30,31)(H,27,28,29). The van der Waals surface area contributed by atoms with Crippen molar-refractivity contribution in [3.05, 3.63) is 82.4 Å². The van der Waals surface area contributed by atoms with Gasteiger partial charge >= 0.3 is 12.7 Å². The Bertz CT molecular complexity index is 3020. The molecule has 0 saturated carbocycles. The molecular weight excluding hydrogens is 990 g/mol. The number of anilines is 6. The number of halogens is 7. The topological polar surface area (TPSA) is 240 Å². The number of aryl methyl sites for hydroxylation is 3. The number of nitrogens with zero attached hydrogens (tertiary/aromatic N) is 11. The summed E-state index contributed by atoms with van der Waals surface area (Å²) in [5.74, 6) is -1.69. The maximum atomic E-state index is 13.2. The number of carbonyl (C=O) groups is 2. The zero-order chi connectivity index (χ0) is 51.8.